The lowest BCUT2D eigenvalue weighted by molar-refractivity contribution is -0.164. The topological polar surface area (TPSA) is 63.6 Å². The molecule has 4 nitrogen and oxygen atoms in total. The summed E-state index contributed by atoms with van der Waals surface area (Å²) in [5, 5.41) is 9.28. The predicted octanol–water partition coefficient (Wildman–Crippen LogP) is 0.547. The normalized spacial score (nSPS) is 23.5. The molecule has 0 amide bonds. The second-order valence-corrected chi connectivity index (χ2v) is 3.02. The van der Waals surface area contributed by atoms with Gasteiger partial charge in [-0.2, -0.15) is 0 Å². The fourth-order valence-corrected chi connectivity index (χ4v) is 1.26. The molecule has 72 valence electrons. The van der Waals surface area contributed by atoms with Crippen molar-refractivity contribution < 1.29 is 19.4 Å². The monoisotopic (exact) mass is 184 g/mol. The van der Waals surface area contributed by atoms with Gasteiger partial charge in [0.25, 0.3) is 0 Å². The van der Waals surface area contributed by atoms with E-state index in [1.807, 2.05) is 6.92 Å². The fourth-order valence-electron chi connectivity index (χ4n) is 1.26. The first kappa shape index (κ1) is 9.92. The SMILES string of the molecule is CCCC1=C(C)C(O)C(=O)OC1=O. The Morgan fingerprint density at radius 1 is 1.46 bits per heavy atom. The van der Waals surface area contributed by atoms with Gasteiger partial charge in [0.1, 0.15) is 0 Å². The van der Waals surface area contributed by atoms with Crippen LogP contribution in [0, 0.1) is 0 Å². The third-order valence-corrected chi connectivity index (χ3v) is 2.05. The Morgan fingerprint density at radius 3 is 2.62 bits per heavy atom. The van der Waals surface area contributed by atoms with E-state index in [4.69, 9.17) is 0 Å². The number of esters is 2. The number of carbonyl (C=O) groups is 2. The van der Waals surface area contributed by atoms with Crippen LogP contribution in [0.25, 0.3) is 0 Å². The van der Waals surface area contributed by atoms with E-state index in [1.165, 1.54) is 0 Å². The molecule has 0 fully saturated rings. The molecular formula is C9H12O4. The van der Waals surface area contributed by atoms with Gasteiger partial charge in [0.15, 0.2) is 6.10 Å². The fraction of sp³-hybridized carbons (Fsp3) is 0.556. The van der Waals surface area contributed by atoms with Crippen LogP contribution in [-0.2, 0) is 14.3 Å². The summed E-state index contributed by atoms with van der Waals surface area (Å²) in [5.74, 6) is -1.49. The molecule has 1 rings (SSSR count). The third-order valence-electron chi connectivity index (χ3n) is 2.05. The molecule has 0 saturated carbocycles. The molecule has 0 aromatic heterocycles. The molecule has 0 bridgehead atoms. The molecule has 0 saturated heterocycles. The largest absolute Gasteiger partial charge is 0.387 e. The summed E-state index contributed by atoms with van der Waals surface area (Å²) in [4.78, 5) is 22.0. The lowest BCUT2D eigenvalue weighted by atomic mass is 9.98. The summed E-state index contributed by atoms with van der Waals surface area (Å²) in [6.45, 7) is 3.49. The van der Waals surface area contributed by atoms with Crippen LogP contribution in [0.2, 0.25) is 0 Å². The van der Waals surface area contributed by atoms with E-state index < -0.39 is 18.0 Å². The van der Waals surface area contributed by atoms with Crippen molar-refractivity contribution in [1.29, 1.82) is 0 Å². The average Bonchev–Trinajstić information content (AvgIpc) is 2.09. The molecule has 1 aliphatic rings. The number of aliphatic hydroxyl groups excluding tert-OH is 1. The van der Waals surface area contributed by atoms with E-state index in [0.717, 1.165) is 6.42 Å². The molecule has 0 aromatic carbocycles. The Hall–Kier alpha value is -1.16. The highest BCUT2D eigenvalue weighted by Crippen LogP contribution is 2.21. The smallest absolute Gasteiger partial charge is 0.347 e. The van der Waals surface area contributed by atoms with E-state index in [-0.39, 0.29) is 0 Å². The molecule has 13 heavy (non-hydrogen) atoms. The van der Waals surface area contributed by atoms with E-state index in [1.54, 1.807) is 6.92 Å². The Bertz CT molecular complexity index is 277. The Morgan fingerprint density at radius 2 is 2.08 bits per heavy atom. The summed E-state index contributed by atoms with van der Waals surface area (Å²) in [5.41, 5.74) is 0.845. The predicted molar refractivity (Wildman–Crippen MR) is 44.7 cm³/mol. The number of hydrogen-bond donors (Lipinski definition) is 1. The molecule has 1 N–H and O–H groups in total. The van der Waals surface area contributed by atoms with Crippen molar-refractivity contribution in [1.82, 2.24) is 0 Å². The highest BCUT2D eigenvalue weighted by Gasteiger charge is 2.32. The van der Waals surface area contributed by atoms with Gasteiger partial charge in [0.2, 0.25) is 0 Å². The highest BCUT2D eigenvalue weighted by molar-refractivity contribution is 6.02. The first-order chi connectivity index (χ1) is 6.07. The highest BCUT2D eigenvalue weighted by atomic mass is 16.6. The minimum absolute atomic E-state index is 0.420. The molecule has 1 aliphatic heterocycles. The molecule has 1 atom stereocenters. The lowest BCUT2D eigenvalue weighted by Gasteiger charge is -2.19. The number of hydrogen-bond acceptors (Lipinski definition) is 4. The van der Waals surface area contributed by atoms with Gasteiger partial charge in [0, 0.05) is 5.57 Å². The number of carbonyl (C=O) groups excluding carboxylic acids is 2. The van der Waals surface area contributed by atoms with Crippen molar-refractivity contribution in [3.8, 4) is 0 Å². The van der Waals surface area contributed by atoms with Crippen LogP contribution in [0.3, 0.4) is 0 Å². The summed E-state index contributed by atoms with van der Waals surface area (Å²) < 4.78 is 4.35. The van der Waals surface area contributed by atoms with Crippen LogP contribution >= 0.6 is 0 Å². The van der Waals surface area contributed by atoms with E-state index in [0.29, 0.717) is 17.6 Å². The Labute approximate surface area is 76.2 Å². The minimum Gasteiger partial charge on any atom is -0.387 e. The number of ether oxygens (including phenoxy) is 1. The molecule has 0 aliphatic carbocycles. The van der Waals surface area contributed by atoms with Crippen LogP contribution < -0.4 is 0 Å². The van der Waals surface area contributed by atoms with Crippen LogP contribution in [0.5, 0.6) is 0 Å². The van der Waals surface area contributed by atoms with E-state index in [2.05, 4.69) is 4.74 Å². The van der Waals surface area contributed by atoms with Crippen molar-refractivity contribution >= 4 is 11.9 Å². The Kier molecular flexibility index (Phi) is 2.83. The van der Waals surface area contributed by atoms with Crippen molar-refractivity contribution in [2.24, 2.45) is 0 Å². The van der Waals surface area contributed by atoms with Gasteiger partial charge in [-0.15, -0.1) is 0 Å². The second kappa shape index (κ2) is 3.70. The van der Waals surface area contributed by atoms with Gasteiger partial charge in [-0.1, -0.05) is 13.3 Å². The van der Waals surface area contributed by atoms with E-state index in [9.17, 15) is 14.7 Å². The molecule has 1 heterocycles. The quantitative estimate of drug-likeness (QED) is 0.502. The third kappa shape index (κ3) is 1.78. The summed E-state index contributed by atoms with van der Waals surface area (Å²) in [7, 11) is 0. The van der Waals surface area contributed by atoms with Gasteiger partial charge in [-0.25, -0.2) is 9.59 Å². The maximum atomic E-state index is 11.1. The molecule has 0 aromatic rings. The lowest BCUT2D eigenvalue weighted by Crippen LogP contribution is -2.34. The molecular weight excluding hydrogens is 172 g/mol. The number of rotatable bonds is 2. The van der Waals surface area contributed by atoms with Crippen molar-refractivity contribution in [2.75, 3.05) is 0 Å². The average molecular weight is 184 g/mol. The summed E-state index contributed by atoms with van der Waals surface area (Å²) in [6, 6.07) is 0. The summed E-state index contributed by atoms with van der Waals surface area (Å²) >= 11 is 0. The van der Waals surface area contributed by atoms with Crippen molar-refractivity contribution in [3.63, 3.8) is 0 Å². The number of aliphatic hydroxyl groups is 1. The van der Waals surface area contributed by atoms with E-state index >= 15 is 0 Å². The van der Waals surface area contributed by atoms with Gasteiger partial charge in [-0.05, 0) is 18.9 Å². The summed E-state index contributed by atoms with van der Waals surface area (Å²) in [6.07, 6.45) is 0.0526. The van der Waals surface area contributed by atoms with Crippen molar-refractivity contribution in [3.05, 3.63) is 11.1 Å². The molecule has 4 heteroatoms. The minimum atomic E-state index is -1.26. The maximum Gasteiger partial charge on any atom is 0.347 e. The second-order valence-electron chi connectivity index (χ2n) is 3.02. The van der Waals surface area contributed by atoms with Crippen LogP contribution in [0.4, 0.5) is 0 Å². The maximum absolute atomic E-state index is 11.1. The first-order valence-corrected chi connectivity index (χ1v) is 4.21. The number of cyclic esters (lactones) is 2. The van der Waals surface area contributed by atoms with Gasteiger partial charge in [-0.3, -0.25) is 0 Å². The first-order valence-electron chi connectivity index (χ1n) is 4.21. The van der Waals surface area contributed by atoms with Crippen LogP contribution in [0.1, 0.15) is 26.7 Å². The Balaban J connectivity index is 2.99. The molecule has 0 radical (unpaired) electrons. The van der Waals surface area contributed by atoms with Gasteiger partial charge < -0.3 is 9.84 Å². The zero-order valence-corrected chi connectivity index (χ0v) is 7.66. The van der Waals surface area contributed by atoms with Crippen molar-refractivity contribution in [2.45, 2.75) is 32.8 Å². The van der Waals surface area contributed by atoms with Crippen LogP contribution in [0.15, 0.2) is 11.1 Å². The zero-order chi connectivity index (χ0) is 10.0. The zero-order valence-electron chi connectivity index (χ0n) is 7.66. The van der Waals surface area contributed by atoms with Gasteiger partial charge in [0.05, 0.1) is 0 Å². The molecule has 0 spiro atoms. The molecule has 1 unspecified atom stereocenters. The van der Waals surface area contributed by atoms with Crippen LogP contribution in [-0.4, -0.2) is 23.1 Å². The van der Waals surface area contributed by atoms with Gasteiger partial charge >= 0.3 is 11.9 Å². The standard InChI is InChI=1S/C9H12O4/c1-3-4-6-5(2)7(10)9(12)13-8(6)11/h7,10H,3-4H2,1-2H3.